The van der Waals surface area contributed by atoms with Gasteiger partial charge in [-0.05, 0) is 55.9 Å². The van der Waals surface area contributed by atoms with Gasteiger partial charge in [-0.1, -0.05) is 18.0 Å². The van der Waals surface area contributed by atoms with Crippen LogP contribution in [0.2, 0.25) is 5.02 Å². The molecule has 0 heterocycles. The van der Waals surface area contributed by atoms with Crippen LogP contribution in [0.3, 0.4) is 0 Å². The molecule has 0 aromatic heterocycles. The van der Waals surface area contributed by atoms with E-state index in [1.807, 2.05) is 0 Å². The molecule has 1 aromatic carbocycles. The first-order valence-electron chi connectivity index (χ1n) is 6.82. The molecule has 0 amide bonds. The largest absolute Gasteiger partial charge is 0.393 e. The molecule has 20 heavy (non-hydrogen) atoms. The van der Waals surface area contributed by atoms with Crippen molar-refractivity contribution in [3.8, 4) is 0 Å². The third kappa shape index (κ3) is 3.95. The van der Waals surface area contributed by atoms with E-state index >= 15 is 0 Å². The Bertz CT molecular complexity index is 574. The van der Waals surface area contributed by atoms with Gasteiger partial charge in [0.1, 0.15) is 0 Å². The van der Waals surface area contributed by atoms with Gasteiger partial charge in [-0.15, -0.1) is 0 Å². The summed E-state index contributed by atoms with van der Waals surface area (Å²) in [5.74, 6) is 0.209. The molecule has 1 saturated carbocycles. The number of halogens is 1. The molecule has 0 radical (unpaired) electrons. The van der Waals surface area contributed by atoms with Crippen molar-refractivity contribution in [1.82, 2.24) is 4.72 Å². The molecule has 2 N–H and O–H groups in total. The molecule has 1 aliphatic carbocycles. The summed E-state index contributed by atoms with van der Waals surface area (Å²) >= 11 is 5.84. The van der Waals surface area contributed by atoms with Crippen molar-refractivity contribution in [2.24, 2.45) is 5.92 Å². The number of aliphatic hydroxyl groups is 1. The van der Waals surface area contributed by atoms with Crippen molar-refractivity contribution in [3.63, 3.8) is 0 Å². The van der Waals surface area contributed by atoms with Gasteiger partial charge in [0, 0.05) is 11.6 Å². The van der Waals surface area contributed by atoms with E-state index in [0.717, 1.165) is 19.3 Å². The summed E-state index contributed by atoms with van der Waals surface area (Å²) < 4.78 is 27.2. The van der Waals surface area contributed by atoms with Crippen molar-refractivity contribution >= 4 is 21.6 Å². The molecule has 2 unspecified atom stereocenters. The van der Waals surface area contributed by atoms with Gasteiger partial charge in [-0.3, -0.25) is 0 Å². The molecule has 2 atom stereocenters. The zero-order valence-electron chi connectivity index (χ0n) is 11.5. The number of aryl methyl sites for hydroxylation is 1. The molecule has 0 bridgehead atoms. The number of benzene rings is 1. The average Bonchev–Trinajstić information content (AvgIpc) is 2.36. The Morgan fingerprint density at radius 3 is 2.80 bits per heavy atom. The number of aliphatic hydroxyl groups excluding tert-OH is 1. The summed E-state index contributed by atoms with van der Waals surface area (Å²) in [6.07, 6.45) is 3.10. The SMILES string of the molecule is Cc1cc(Cl)ccc1S(=O)(=O)NCC1CCCC(O)C1. The quantitative estimate of drug-likeness (QED) is 0.896. The Kier molecular flexibility index (Phi) is 5.07. The van der Waals surface area contributed by atoms with E-state index < -0.39 is 10.0 Å². The second-order valence-corrected chi connectivity index (χ2v) is 7.62. The Hall–Kier alpha value is -0.620. The molecule has 6 heteroatoms. The molecule has 1 fully saturated rings. The first kappa shape index (κ1) is 15.8. The highest BCUT2D eigenvalue weighted by molar-refractivity contribution is 7.89. The van der Waals surface area contributed by atoms with Crippen LogP contribution in [0, 0.1) is 12.8 Å². The lowest BCUT2D eigenvalue weighted by molar-refractivity contribution is 0.102. The van der Waals surface area contributed by atoms with E-state index in [-0.39, 0.29) is 16.9 Å². The number of nitrogens with one attached hydrogen (secondary N) is 1. The number of sulfonamides is 1. The van der Waals surface area contributed by atoms with Gasteiger partial charge >= 0.3 is 0 Å². The molecule has 0 aliphatic heterocycles. The lowest BCUT2D eigenvalue weighted by atomic mass is 9.87. The number of hydrogen-bond acceptors (Lipinski definition) is 3. The molecule has 4 nitrogen and oxygen atoms in total. The second kappa shape index (κ2) is 6.43. The minimum absolute atomic E-state index is 0.209. The van der Waals surface area contributed by atoms with Gasteiger partial charge in [0.05, 0.1) is 11.0 Å². The van der Waals surface area contributed by atoms with E-state index in [1.54, 1.807) is 19.1 Å². The smallest absolute Gasteiger partial charge is 0.240 e. The standard InChI is InChI=1S/C14H20ClNO3S/c1-10-7-12(15)5-6-14(10)20(18,19)16-9-11-3-2-4-13(17)8-11/h5-7,11,13,16-17H,2-4,8-9H2,1H3. The van der Waals surface area contributed by atoms with Gasteiger partial charge in [0.25, 0.3) is 0 Å². The van der Waals surface area contributed by atoms with E-state index in [0.29, 0.717) is 23.6 Å². The second-order valence-electron chi connectivity index (χ2n) is 5.45. The Balaban J connectivity index is 2.03. The predicted octanol–water partition coefficient (Wildman–Crippen LogP) is 2.48. The molecular weight excluding hydrogens is 298 g/mol. The molecule has 1 aromatic rings. The number of hydrogen-bond donors (Lipinski definition) is 2. The maximum Gasteiger partial charge on any atom is 0.240 e. The van der Waals surface area contributed by atoms with E-state index in [1.165, 1.54) is 6.07 Å². The summed E-state index contributed by atoms with van der Waals surface area (Å²) in [4.78, 5) is 0.262. The van der Waals surface area contributed by atoms with Crippen LogP contribution in [0.1, 0.15) is 31.2 Å². The van der Waals surface area contributed by atoms with Crippen molar-refractivity contribution < 1.29 is 13.5 Å². The van der Waals surface area contributed by atoms with Gasteiger partial charge in [0.15, 0.2) is 0 Å². The van der Waals surface area contributed by atoms with E-state index in [4.69, 9.17) is 11.6 Å². The molecular formula is C14H20ClNO3S. The molecule has 1 aliphatic rings. The van der Waals surface area contributed by atoms with E-state index in [9.17, 15) is 13.5 Å². The fourth-order valence-corrected chi connectivity index (χ4v) is 4.23. The van der Waals surface area contributed by atoms with Crippen LogP contribution in [0.15, 0.2) is 23.1 Å². The van der Waals surface area contributed by atoms with Crippen LogP contribution < -0.4 is 4.72 Å². The fourth-order valence-electron chi connectivity index (χ4n) is 2.67. The monoisotopic (exact) mass is 317 g/mol. The van der Waals surface area contributed by atoms with Crippen LogP contribution in [0.5, 0.6) is 0 Å². The highest BCUT2D eigenvalue weighted by Crippen LogP contribution is 2.24. The average molecular weight is 318 g/mol. The van der Waals surface area contributed by atoms with Gasteiger partial charge in [-0.25, -0.2) is 13.1 Å². The maximum atomic E-state index is 12.3. The third-order valence-corrected chi connectivity index (χ3v) is 5.56. The topological polar surface area (TPSA) is 66.4 Å². The van der Waals surface area contributed by atoms with Crippen molar-refractivity contribution in [2.75, 3.05) is 6.54 Å². The molecule has 112 valence electrons. The maximum absolute atomic E-state index is 12.3. The van der Waals surface area contributed by atoms with Crippen molar-refractivity contribution in [2.45, 2.75) is 43.6 Å². The van der Waals surface area contributed by atoms with E-state index in [2.05, 4.69) is 4.72 Å². The zero-order chi connectivity index (χ0) is 14.8. The predicted molar refractivity (Wildman–Crippen MR) is 79.3 cm³/mol. The highest BCUT2D eigenvalue weighted by Gasteiger charge is 2.23. The van der Waals surface area contributed by atoms with Crippen molar-refractivity contribution in [1.29, 1.82) is 0 Å². The summed E-state index contributed by atoms with van der Waals surface area (Å²) in [7, 11) is -3.51. The van der Waals surface area contributed by atoms with Crippen LogP contribution in [0.4, 0.5) is 0 Å². The first-order valence-corrected chi connectivity index (χ1v) is 8.68. The van der Waals surface area contributed by atoms with Crippen molar-refractivity contribution in [3.05, 3.63) is 28.8 Å². The van der Waals surface area contributed by atoms with Crippen LogP contribution in [0.25, 0.3) is 0 Å². The highest BCUT2D eigenvalue weighted by atomic mass is 35.5. The Labute approximate surface area is 125 Å². The lowest BCUT2D eigenvalue weighted by Gasteiger charge is -2.25. The molecule has 0 saturated heterocycles. The van der Waals surface area contributed by atoms with Gasteiger partial charge in [0.2, 0.25) is 10.0 Å². The minimum Gasteiger partial charge on any atom is -0.393 e. The normalized spacial score (nSPS) is 23.8. The molecule has 2 rings (SSSR count). The Morgan fingerprint density at radius 1 is 1.40 bits per heavy atom. The van der Waals surface area contributed by atoms with Crippen LogP contribution >= 0.6 is 11.6 Å². The van der Waals surface area contributed by atoms with Gasteiger partial charge in [-0.2, -0.15) is 0 Å². The third-order valence-electron chi connectivity index (χ3n) is 3.74. The summed E-state index contributed by atoms with van der Waals surface area (Å²) in [6.45, 7) is 2.10. The fraction of sp³-hybridized carbons (Fsp3) is 0.571. The minimum atomic E-state index is -3.51. The summed E-state index contributed by atoms with van der Waals surface area (Å²) in [6, 6.07) is 4.74. The summed E-state index contributed by atoms with van der Waals surface area (Å²) in [5.41, 5.74) is 0.633. The summed E-state index contributed by atoms with van der Waals surface area (Å²) in [5, 5.41) is 10.1. The number of rotatable bonds is 4. The Morgan fingerprint density at radius 2 is 2.15 bits per heavy atom. The van der Waals surface area contributed by atoms with Gasteiger partial charge < -0.3 is 5.11 Å². The molecule has 0 spiro atoms. The van der Waals surface area contributed by atoms with Crippen LogP contribution in [-0.2, 0) is 10.0 Å². The zero-order valence-corrected chi connectivity index (χ0v) is 13.0. The van der Waals surface area contributed by atoms with Crippen LogP contribution in [-0.4, -0.2) is 26.2 Å². The first-order chi connectivity index (χ1) is 9.38. The lowest BCUT2D eigenvalue weighted by Crippen LogP contribution is -2.33.